The Morgan fingerprint density at radius 3 is 2.53 bits per heavy atom. The van der Waals surface area contributed by atoms with Gasteiger partial charge in [-0.3, -0.25) is 4.79 Å². The number of hydrogen-bond acceptors (Lipinski definition) is 2. The van der Waals surface area contributed by atoms with Gasteiger partial charge in [0.2, 0.25) is 0 Å². The van der Waals surface area contributed by atoms with Crippen LogP contribution in [0, 0.1) is 17.3 Å². The second-order valence-corrected chi connectivity index (χ2v) is 5.57. The van der Waals surface area contributed by atoms with E-state index >= 15 is 0 Å². The lowest BCUT2D eigenvalue weighted by atomic mass is 9.88. The number of ether oxygens (including phenoxy) is 1. The molecule has 0 heterocycles. The topological polar surface area (TPSA) is 26.3 Å². The first-order chi connectivity index (χ1) is 6.85. The molecule has 2 nitrogen and oxygen atoms in total. The first-order valence-corrected chi connectivity index (χ1v) is 5.58. The molecule has 0 aromatic heterocycles. The first-order valence-electron chi connectivity index (χ1n) is 5.58. The van der Waals surface area contributed by atoms with Gasteiger partial charge in [0.25, 0.3) is 0 Å². The van der Waals surface area contributed by atoms with Crippen molar-refractivity contribution in [3.8, 4) is 0 Å². The molecule has 1 fully saturated rings. The minimum absolute atomic E-state index is 0.0936. The summed E-state index contributed by atoms with van der Waals surface area (Å²) in [4.78, 5) is 11.3. The summed E-state index contributed by atoms with van der Waals surface area (Å²) in [6, 6.07) is 0. The molecule has 15 heavy (non-hydrogen) atoms. The van der Waals surface area contributed by atoms with Crippen LogP contribution >= 0.6 is 0 Å². The van der Waals surface area contributed by atoms with Gasteiger partial charge in [-0.05, 0) is 37.0 Å². The molecule has 2 heteroatoms. The van der Waals surface area contributed by atoms with E-state index in [1.807, 2.05) is 0 Å². The first kappa shape index (κ1) is 12.3. The summed E-state index contributed by atoms with van der Waals surface area (Å²) in [5, 5.41) is 0. The van der Waals surface area contributed by atoms with Gasteiger partial charge in [-0.15, -0.1) is 0 Å². The lowest BCUT2D eigenvalue weighted by Gasteiger charge is -2.18. The molecule has 2 atom stereocenters. The number of carbonyl (C=O) groups excluding carboxylic acids is 1. The van der Waals surface area contributed by atoms with Crippen LogP contribution in [0.3, 0.4) is 0 Å². The highest BCUT2D eigenvalue weighted by atomic mass is 16.5. The Kier molecular flexibility index (Phi) is 3.58. The van der Waals surface area contributed by atoms with Gasteiger partial charge in [0.15, 0.2) is 0 Å². The average molecular weight is 210 g/mol. The largest absolute Gasteiger partial charge is 0.469 e. The fraction of sp³-hybridized carbons (Fsp3) is 0.769. The van der Waals surface area contributed by atoms with E-state index in [1.165, 1.54) is 12.7 Å². The minimum atomic E-state index is -0.0936. The van der Waals surface area contributed by atoms with Gasteiger partial charge in [-0.1, -0.05) is 26.0 Å². The van der Waals surface area contributed by atoms with Crippen molar-refractivity contribution in [2.45, 2.75) is 40.0 Å². The summed E-state index contributed by atoms with van der Waals surface area (Å²) in [7, 11) is 1.46. The highest BCUT2D eigenvalue weighted by Gasteiger charge is 2.40. The molecule has 0 amide bonds. The van der Waals surface area contributed by atoms with E-state index in [4.69, 9.17) is 4.74 Å². The molecule has 0 aromatic carbocycles. The van der Waals surface area contributed by atoms with Crippen LogP contribution in [0.15, 0.2) is 12.2 Å². The van der Waals surface area contributed by atoms with Crippen molar-refractivity contribution in [2.24, 2.45) is 17.3 Å². The van der Waals surface area contributed by atoms with Crippen molar-refractivity contribution in [1.29, 1.82) is 0 Å². The van der Waals surface area contributed by atoms with Crippen LogP contribution in [0.1, 0.15) is 40.0 Å². The van der Waals surface area contributed by atoms with Gasteiger partial charge >= 0.3 is 5.97 Å². The third kappa shape index (κ3) is 3.08. The van der Waals surface area contributed by atoms with E-state index in [0.717, 1.165) is 12.8 Å². The maximum atomic E-state index is 11.3. The second kappa shape index (κ2) is 4.38. The second-order valence-electron chi connectivity index (χ2n) is 5.57. The number of rotatable bonds is 3. The summed E-state index contributed by atoms with van der Waals surface area (Å²) < 4.78 is 4.74. The van der Waals surface area contributed by atoms with Crippen molar-refractivity contribution in [3.63, 3.8) is 0 Å². The Morgan fingerprint density at radius 1 is 1.47 bits per heavy atom. The molecule has 1 rings (SSSR count). The smallest absolute Gasteiger partial charge is 0.305 e. The van der Waals surface area contributed by atoms with Crippen LogP contribution in [0.4, 0.5) is 0 Å². The zero-order valence-electron chi connectivity index (χ0n) is 10.3. The number of esters is 1. The molecule has 0 aliphatic heterocycles. The average Bonchev–Trinajstić information content (AvgIpc) is 2.41. The highest BCUT2D eigenvalue weighted by Crippen LogP contribution is 2.48. The van der Waals surface area contributed by atoms with Gasteiger partial charge < -0.3 is 4.74 Å². The van der Waals surface area contributed by atoms with Crippen LogP contribution in [-0.4, -0.2) is 13.1 Å². The Balaban J connectivity index is 2.69. The molecule has 0 aromatic rings. The predicted molar refractivity (Wildman–Crippen MR) is 61.4 cm³/mol. The van der Waals surface area contributed by atoms with Gasteiger partial charge in [0, 0.05) is 6.42 Å². The van der Waals surface area contributed by atoms with E-state index in [0.29, 0.717) is 23.7 Å². The normalized spacial score (nSPS) is 28.8. The minimum Gasteiger partial charge on any atom is -0.469 e. The maximum Gasteiger partial charge on any atom is 0.305 e. The highest BCUT2D eigenvalue weighted by molar-refractivity contribution is 5.69. The fourth-order valence-electron chi connectivity index (χ4n) is 2.79. The van der Waals surface area contributed by atoms with Gasteiger partial charge in [-0.25, -0.2) is 0 Å². The summed E-state index contributed by atoms with van der Waals surface area (Å²) in [6.07, 6.45) is 2.78. The molecule has 0 spiro atoms. The fourth-order valence-corrected chi connectivity index (χ4v) is 2.79. The van der Waals surface area contributed by atoms with Crippen LogP contribution in [0.2, 0.25) is 0 Å². The molecule has 0 saturated heterocycles. The van der Waals surface area contributed by atoms with Gasteiger partial charge in [0.1, 0.15) is 0 Å². The number of methoxy groups -OCH3 is 1. The van der Waals surface area contributed by atoms with Crippen LogP contribution < -0.4 is 0 Å². The van der Waals surface area contributed by atoms with E-state index in [1.54, 1.807) is 0 Å². The van der Waals surface area contributed by atoms with Crippen LogP contribution in [-0.2, 0) is 9.53 Å². The van der Waals surface area contributed by atoms with Crippen molar-refractivity contribution in [1.82, 2.24) is 0 Å². The quantitative estimate of drug-likeness (QED) is 0.528. The standard InChI is InChI=1S/C13H22O2/c1-9(2)11-8-13(3,4)7-10(11)6-12(14)15-5/h10-11H,1,6-8H2,2-5H3/t10-,11+/m0/s1. The number of carbonyl (C=O) groups is 1. The lowest BCUT2D eigenvalue weighted by Crippen LogP contribution is -2.14. The van der Waals surface area contributed by atoms with Gasteiger partial charge in [-0.2, -0.15) is 0 Å². The SMILES string of the molecule is C=C(C)[C@H]1CC(C)(C)C[C@@H]1CC(=O)OC. The summed E-state index contributed by atoms with van der Waals surface area (Å²) in [5.74, 6) is 0.813. The summed E-state index contributed by atoms with van der Waals surface area (Å²) in [6.45, 7) is 10.6. The molecule has 0 bridgehead atoms. The Bertz CT molecular complexity index is 266. The molecule has 1 aliphatic carbocycles. The summed E-state index contributed by atoms with van der Waals surface area (Å²) >= 11 is 0. The molecule has 0 N–H and O–H groups in total. The monoisotopic (exact) mass is 210 g/mol. The van der Waals surface area contributed by atoms with E-state index in [2.05, 4.69) is 27.4 Å². The summed E-state index contributed by atoms with van der Waals surface area (Å²) in [5.41, 5.74) is 1.54. The van der Waals surface area contributed by atoms with E-state index < -0.39 is 0 Å². The zero-order chi connectivity index (χ0) is 11.6. The molecular weight excluding hydrogens is 188 g/mol. The third-order valence-electron chi connectivity index (χ3n) is 3.45. The van der Waals surface area contributed by atoms with Crippen molar-refractivity contribution >= 4 is 5.97 Å². The Hall–Kier alpha value is -0.790. The molecule has 86 valence electrons. The lowest BCUT2D eigenvalue weighted by molar-refractivity contribution is -0.141. The Labute approximate surface area is 92.7 Å². The molecule has 1 aliphatic rings. The molecular formula is C13H22O2. The van der Waals surface area contributed by atoms with Gasteiger partial charge in [0.05, 0.1) is 7.11 Å². The van der Waals surface area contributed by atoms with Crippen LogP contribution in [0.5, 0.6) is 0 Å². The zero-order valence-corrected chi connectivity index (χ0v) is 10.3. The van der Waals surface area contributed by atoms with Crippen molar-refractivity contribution < 1.29 is 9.53 Å². The molecule has 1 saturated carbocycles. The molecule has 0 unspecified atom stereocenters. The van der Waals surface area contributed by atoms with E-state index in [9.17, 15) is 4.79 Å². The van der Waals surface area contributed by atoms with Crippen molar-refractivity contribution in [3.05, 3.63) is 12.2 Å². The Morgan fingerprint density at radius 2 is 2.07 bits per heavy atom. The predicted octanol–water partition coefficient (Wildman–Crippen LogP) is 3.18. The third-order valence-corrected chi connectivity index (χ3v) is 3.45. The molecule has 0 radical (unpaired) electrons. The van der Waals surface area contributed by atoms with Crippen LogP contribution in [0.25, 0.3) is 0 Å². The number of hydrogen-bond donors (Lipinski definition) is 0. The van der Waals surface area contributed by atoms with Crippen molar-refractivity contribution in [2.75, 3.05) is 7.11 Å². The van der Waals surface area contributed by atoms with E-state index in [-0.39, 0.29) is 5.97 Å². The maximum absolute atomic E-state index is 11.3. The number of allylic oxidation sites excluding steroid dienone is 1.